The van der Waals surface area contributed by atoms with Crippen LogP contribution in [0.1, 0.15) is 38.5 Å². The van der Waals surface area contributed by atoms with Gasteiger partial charge in [0.1, 0.15) is 5.54 Å². The van der Waals surface area contributed by atoms with Gasteiger partial charge in [-0.25, -0.2) is 0 Å². The van der Waals surface area contributed by atoms with Gasteiger partial charge in [-0.05, 0) is 49.9 Å². The Balaban J connectivity index is 1.63. The van der Waals surface area contributed by atoms with Crippen LogP contribution in [0.15, 0.2) is 0 Å². The monoisotopic (exact) mass is 233 g/mol. The van der Waals surface area contributed by atoms with Gasteiger partial charge < -0.3 is 5.73 Å². The van der Waals surface area contributed by atoms with Gasteiger partial charge in [-0.1, -0.05) is 6.42 Å². The fraction of sp³-hybridized carbons (Fsp3) is 0.929. The van der Waals surface area contributed by atoms with E-state index in [9.17, 15) is 5.26 Å². The summed E-state index contributed by atoms with van der Waals surface area (Å²) in [5, 5.41) is 9.33. The Morgan fingerprint density at radius 3 is 2.35 bits per heavy atom. The molecule has 94 valence electrons. The lowest BCUT2D eigenvalue weighted by Gasteiger charge is -2.43. The van der Waals surface area contributed by atoms with E-state index in [0.717, 1.165) is 31.2 Å². The number of nitrogens with zero attached hydrogens (tertiary/aromatic N) is 2. The second-order valence-electron chi connectivity index (χ2n) is 6.52. The molecular formula is C14H23N3. The molecule has 0 radical (unpaired) electrons. The molecule has 0 aromatic carbocycles. The first-order valence-corrected chi connectivity index (χ1v) is 7.12. The van der Waals surface area contributed by atoms with E-state index >= 15 is 0 Å². The average Bonchev–Trinajstić information content (AvgIpc) is 3.12. The number of piperidine rings is 1. The standard InChI is InChI=1S/C14H23N3/c15-9-14(16,13-4-5-13)10-17-7-11-2-1-3-12(6-11)8-17/h11-13H,1-8,10,16H2. The molecule has 0 aromatic rings. The highest BCUT2D eigenvalue weighted by molar-refractivity contribution is 5.15. The van der Waals surface area contributed by atoms with Crippen molar-refractivity contribution in [2.45, 2.75) is 44.1 Å². The maximum Gasteiger partial charge on any atom is 0.119 e. The number of likely N-dealkylation sites (tertiary alicyclic amines) is 1. The highest BCUT2D eigenvalue weighted by Gasteiger charge is 2.45. The molecule has 3 unspecified atom stereocenters. The van der Waals surface area contributed by atoms with E-state index in [2.05, 4.69) is 11.0 Å². The van der Waals surface area contributed by atoms with Gasteiger partial charge in [0.25, 0.3) is 0 Å². The third-order valence-corrected chi connectivity index (χ3v) is 4.92. The predicted molar refractivity (Wildman–Crippen MR) is 67.1 cm³/mol. The maximum atomic E-state index is 9.33. The lowest BCUT2D eigenvalue weighted by Crippen LogP contribution is -2.54. The van der Waals surface area contributed by atoms with Gasteiger partial charge in [0.2, 0.25) is 0 Å². The average molecular weight is 233 g/mol. The van der Waals surface area contributed by atoms with E-state index in [1.165, 1.54) is 38.8 Å². The first-order chi connectivity index (χ1) is 8.19. The van der Waals surface area contributed by atoms with Crippen LogP contribution < -0.4 is 5.73 Å². The van der Waals surface area contributed by atoms with Gasteiger partial charge in [0.15, 0.2) is 0 Å². The molecule has 2 N–H and O–H groups in total. The van der Waals surface area contributed by atoms with Gasteiger partial charge in [0, 0.05) is 19.6 Å². The molecule has 17 heavy (non-hydrogen) atoms. The molecular weight excluding hydrogens is 210 g/mol. The Kier molecular flexibility index (Phi) is 2.88. The fourth-order valence-electron chi connectivity index (χ4n) is 3.89. The largest absolute Gasteiger partial charge is 0.312 e. The van der Waals surface area contributed by atoms with Crippen molar-refractivity contribution < 1.29 is 0 Å². The number of nitrogens with two attached hydrogens (primary N) is 1. The number of rotatable bonds is 3. The Labute approximate surface area is 104 Å². The smallest absolute Gasteiger partial charge is 0.119 e. The molecule has 3 heteroatoms. The van der Waals surface area contributed by atoms with E-state index in [0.29, 0.717) is 5.92 Å². The van der Waals surface area contributed by atoms with E-state index in [-0.39, 0.29) is 0 Å². The highest BCUT2D eigenvalue weighted by Crippen LogP contribution is 2.40. The van der Waals surface area contributed by atoms with Gasteiger partial charge in [-0.15, -0.1) is 0 Å². The second kappa shape index (κ2) is 4.26. The van der Waals surface area contributed by atoms with Crippen molar-refractivity contribution in [1.29, 1.82) is 5.26 Å². The summed E-state index contributed by atoms with van der Waals surface area (Å²) in [6.45, 7) is 3.18. The Hall–Kier alpha value is -0.590. The molecule has 1 heterocycles. The van der Waals surface area contributed by atoms with Crippen LogP contribution >= 0.6 is 0 Å². The molecule has 0 aromatic heterocycles. The maximum absolute atomic E-state index is 9.33. The summed E-state index contributed by atoms with van der Waals surface area (Å²) in [5.41, 5.74) is 5.72. The minimum Gasteiger partial charge on any atom is -0.312 e. The van der Waals surface area contributed by atoms with E-state index in [1.54, 1.807) is 0 Å². The molecule has 1 saturated heterocycles. The van der Waals surface area contributed by atoms with Crippen molar-refractivity contribution in [2.75, 3.05) is 19.6 Å². The fourth-order valence-corrected chi connectivity index (χ4v) is 3.89. The highest BCUT2D eigenvalue weighted by atomic mass is 15.2. The summed E-state index contributed by atoms with van der Waals surface area (Å²) in [4.78, 5) is 2.49. The van der Waals surface area contributed by atoms with Gasteiger partial charge in [-0.3, -0.25) is 4.90 Å². The minimum absolute atomic E-state index is 0.467. The van der Waals surface area contributed by atoms with Crippen LogP contribution in [-0.2, 0) is 0 Å². The normalized spacial score (nSPS) is 37.2. The number of hydrogen-bond donors (Lipinski definition) is 1. The van der Waals surface area contributed by atoms with Crippen LogP contribution in [-0.4, -0.2) is 30.1 Å². The molecule has 3 rings (SSSR count). The van der Waals surface area contributed by atoms with Crippen LogP contribution in [0.2, 0.25) is 0 Å². The quantitative estimate of drug-likeness (QED) is 0.808. The van der Waals surface area contributed by atoms with Crippen LogP contribution in [0.4, 0.5) is 0 Å². The molecule has 0 spiro atoms. The van der Waals surface area contributed by atoms with Gasteiger partial charge in [-0.2, -0.15) is 5.26 Å². The van der Waals surface area contributed by atoms with Crippen molar-refractivity contribution in [2.24, 2.45) is 23.5 Å². The van der Waals surface area contributed by atoms with Crippen molar-refractivity contribution in [3.8, 4) is 6.07 Å². The molecule has 0 amide bonds. The number of fused-ring (bicyclic) bond motifs is 2. The molecule has 2 bridgehead atoms. The summed E-state index contributed by atoms with van der Waals surface area (Å²) in [6.07, 6.45) is 7.93. The second-order valence-corrected chi connectivity index (χ2v) is 6.52. The Morgan fingerprint density at radius 2 is 1.82 bits per heavy atom. The summed E-state index contributed by atoms with van der Waals surface area (Å²) in [5.74, 6) is 2.23. The Bertz CT molecular complexity index is 319. The van der Waals surface area contributed by atoms with Crippen LogP contribution in [0.25, 0.3) is 0 Å². The van der Waals surface area contributed by atoms with Crippen LogP contribution in [0, 0.1) is 29.1 Å². The van der Waals surface area contributed by atoms with Crippen molar-refractivity contribution in [3.63, 3.8) is 0 Å². The van der Waals surface area contributed by atoms with Gasteiger partial charge >= 0.3 is 0 Å². The summed E-state index contributed by atoms with van der Waals surface area (Å²) in [7, 11) is 0. The molecule has 3 atom stereocenters. The number of hydrogen-bond acceptors (Lipinski definition) is 3. The van der Waals surface area contributed by atoms with Gasteiger partial charge in [0.05, 0.1) is 6.07 Å². The molecule has 3 nitrogen and oxygen atoms in total. The summed E-state index contributed by atoms with van der Waals surface area (Å²) >= 11 is 0. The topological polar surface area (TPSA) is 53.1 Å². The first-order valence-electron chi connectivity index (χ1n) is 7.12. The molecule has 3 fully saturated rings. The zero-order valence-electron chi connectivity index (χ0n) is 10.6. The third-order valence-electron chi connectivity index (χ3n) is 4.92. The Morgan fingerprint density at radius 1 is 1.18 bits per heavy atom. The van der Waals surface area contributed by atoms with E-state index in [4.69, 9.17) is 5.73 Å². The SMILES string of the molecule is N#CC(N)(CN1CC2CCCC(C2)C1)C1CC1. The predicted octanol–water partition coefficient (Wildman–Crippen LogP) is 1.74. The van der Waals surface area contributed by atoms with Crippen molar-refractivity contribution in [1.82, 2.24) is 4.90 Å². The summed E-state index contributed by atoms with van der Waals surface area (Å²) in [6, 6.07) is 2.39. The molecule has 2 saturated carbocycles. The molecule has 2 aliphatic carbocycles. The first kappa shape index (κ1) is 11.5. The zero-order chi connectivity index (χ0) is 11.9. The van der Waals surface area contributed by atoms with Crippen molar-refractivity contribution >= 4 is 0 Å². The summed E-state index contributed by atoms with van der Waals surface area (Å²) < 4.78 is 0. The zero-order valence-corrected chi connectivity index (χ0v) is 10.6. The minimum atomic E-state index is -0.564. The van der Waals surface area contributed by atoms with Crippen molar-refractivity contribution in [3.05, 3.63) is 0 Å². The third kappa shape index (κ3) is 2.34. The lowest BCUT2D eigenvalue weighted by atomic mass is 9.77. The molecule has 3 aliphatic rings. The van der Waals surface area contributed by atoms with E-state index < -0.39 is 5.54 Å². The van der Waals surface area contributed by atoms with Crippen LogP contribution in [0.3, 0.4) is 0 Å². The molecule has 1 aliphatic heterocycles. The van der Waals surface area contributed by atoms with Crippen LogP contribution in [0.5, 0.6) is 0 Å². The lowest BCUT2D eigenvalue weighted by molar-refractivity contribution is 0.0723. The van der Waals surface area contributed by atoms with E-state index in [1.807, 2.05) is 0 Å². The number of nitriles is 1.